The Hall–Kier alpha value is -1.68. The highest BCUT2D eigenvalue weighted by Crippen LogP contribution is 2.23. The zero-order valence-corrected chi connectivity index (χ0v) is 13.2. The Bertz CT molecular complexity index is 578. The fraction of sp³-hybridized carbons (Fsp3) is 0.412. The first kappa shape index (κ1) is 15.7. The van der Waals surface area contributed by atoms with Crippen LogP contribution in [0.1, 0.15) is 40.9 Å². The van der Waals surface area contributed by atoms with Crippen LogP contribution in [0.3, 0.4) is 0 Å². The van der Waals surface area contributed by atoms with Crippen molar-refractivity contribution in [3.05, 3.63) is 51.5 Å². The third-order valence-electron chi connectivity index (χ3n) is 3.35. The molecule has 0 amide bonds. The van der Waals surface area contributed by atoms with Crippen LogP contribution in [-0.4, -0.2) is 16.1 Å². The van der Waals surface area contributed by atoms with Crippen LogP contribution >= 0.6 is 11.3 Å². The van der Waals surface area contributed by atoms with Gasteiger partial charge in [-0.1, -0.05) is 43.7 Å². The Labute approximate surface area is 129 Å². The van der Waals surface area contributed by atoms with E-state index in [9.17, 15) is 4.79 Å². The van der Waals surface area contributed by atoms with Crippen molar-refractivity contribution in [2.75, 3.05) is 0 Å². The molecule has 0 saturated heterocycles. The first-order valence-electron chi connectivity index (χ1n) is 7.42. The summed E-state index contributed by atoms with van der Waals surface area (Å²) in [6.07, 6.45) is 4.69. The summed E-state index contributed by atoms with van der Waals surface area (Å²) in [5, 5.41) is 9.97. The molecule has 4 heteroatoms. The second kappa shape index (κ2) is 7.93. The molecule has 0 spiro atoms. The number of carboxylic acids is 1. The molecule has 1 aromatic heterocycles. The molecule has 0 fully saturated rings. The smallest absolute Gasteiger partial charge is 0.303 e. The molecular formula is C17H21NO2S. The number of hydrogen-bond acceptors (Lipinski definition) is 3. The van der Waals surface area contributed by atoms with E-state index in [4.69, 9.17) is 10.1 Å². The molecule has 2 aromatic rings. The molecule has 1 aromatic carbocycles. The monoisotopic (exact) mass is 303 g/mol. The van der Waals surface area contributed by atoms with E-state index < -0.39 is 5.97 Å². The quantitative estimate of drug-likeness (QED) is 0.804. The molecule has 21 heavy (non-hydrogen) atoms. The van der Waals surface area contributed by atoms with Crippen molar-refractivity contribution in [2.45, 2.75) is 45.4 Å². The van der Waals surface area contributed by atoms with Crippen molar-refractivity contribution in [3.8, 4) is 0 Å². The molecule has 0 atom stereocenters. The third-order valence-corrected chi connectivity index (χ3v) is 4.56. The molecule has 0 unspecified atom stereocenters. The van der Waals surface area contributed by atoms with Gasteiger partial charge in [0.1, 0.15) is 0 Å². The predicted molar refractivity (Wildman–Crippen MR) is 85.9 cm³/mol. The van der Waals surface area contributed by atoms with Gasteiger partial charge in [0.05, 0.1) is 17.1 Å². The number of aryl methyl sites for hydroxylation is 4. The van der Waals surface area contributed by atoms with E-state index in [0.29, 0.717) is 6.42 Å². The van der Waals surface area contributed by atoms with E-state index in [2.05, 4.69) is 31.2 Å². The van der Waals surface area contributed by atoms with Crippen molar-refractivity contribution in [3.63, 3.8) is 0 Å². The minimum absolute atomic E-state index is 0.192. The summed E-state index contributed by atoms with van der Waals surface area (Å²) in [6.45, 7) is 2.13. The highest BCUT2D eigenvalue weighted by atomic mass is 32.1. The van der Waals surface area contributed by atoms with Gasteiger partial charge in [-0.2, -0.15) is 0 Å². The Morgan fingerprint density at radius 1 is 1.14 bits per heavy atom. The van der Waals surface area contributed by atoms with Gasteiger partial charge in [-0.25, -0.2) is 4.98 Å². The topological polar surface area (TPSA) is 50.2 Å². The average molecular weight is 303 g/mol. The van der Waals surface area contributed by atoms with Gasteiger partial charge in [0.2, 0.25) is 0 Å². The lowest BCUT2D eigenvalue weighted by atomic mass is 10.1. The maximum absolute atomic E-state index is 10.7. The maximum Gasteiger partial charge on any atom is 0.303 e. The van der Waals surface area contributed by atoms with Crippen LogP contribution in [-0.2, 0) is 30.5 Å². The standard InChI is InChI=1S/C17H21NO2S/c1-2-6-14-15(10-12-17(19)20)21-16(18-14)11-9-13-7-4-3-5-8-13/h3-5,7-8H,2,6,9-12H2,1H3,(H,19,20). The SMILES string of the molecule is CCCc1nc(CCc2ccccc2)sc1CCC(=O)O. The number of aromatic nitrogens is 1. The normalized spacial score (nSPS) is 10.7. The van der Waals surface area contributed by atoms with Gasteiger partial charge in [0, 0.05) is 11.3 Å². The van der Waals surface area contributed by atoms with Crippen molar-refractivity contribution < 1.29 is 9.90 Å². The molecule has 3 nitrogen and oxygen atoms in total. The zero-order chi connectivity index (χ0) is 15.1. The summed E-state index contributed by atoms with van der Waals surface area (Å²) in [6, 6.07) is 10.4. The number of carboxylic acid groups (broad SMARTS) is 1. The average Bonchev–Trinajstić information content (AvgIpc) is 2.87. The minimum atomic E-state index is -0.739. The van der Waals surface area contributed by atoms with Crippen molar-refractivity contribution in [1.29, 1.82) is 0 Å². The zero-order valence-electron chi connectivity index (χ0n) is 12.3. The molecule has 112 valence electrons. The van der Waals surface area contributed by atoms with Gasteiger partial charge in [-0.3, -0.25) is 4.79 Å². The summed E-state index contributed by atoms with van der Waals surface area (Å²) < 4.78 is 0. The molecule has 0 saturated carbocycles. The van der Waals surface area contributed by atoms with E-state index in [0.717, 1.165) is 41.3 Å². The molecule has 2 rings (SSSR count). The third kappa shape index (κ3) is 4.97. The predicted octanol–water partition coefficient (Wildman–Crippen LogP) is 3.90. The molecule has 0 bridgehead atoms. The Kier molecular flexibility index (Phi) is 5.93. The second-order valence-electron chi connectivity index (χ2n) is 5.11. The number of benzene rings is 1. The fourth-order valence-corrected chi connectivity index (χ4v) is 3.40. The first-order valence-corrected chi connectivity index (χ1v) is 8.24. The van der Waals surface area contributed by atoms with Gasteiger partial charge >= 0.3 is 5.97 Å². The van der Waals surface area contributed by atoms with Crippen LogP contribution in [0.5, 0.6) is 0 Å². The summed E-state index contributed by atoms with van der Waals surface area (Å²) in [5.41, 5.74) is 2.42. The molecule has 0 aliphatic rings. The van der Waals surface area contributed by atoms with Gasteiger partial charge in [0.15, 0.2) is 0 Å². The summed E-state index contributed by atoms with van der Waals surface area (Å²) in [4.78, 5) is 16.6. The van der Waals surface area contributed by atoms with Crippen LogP contribution in [0.4, 0.5) is 0 Å². The lowest BCUT2D eigenvalue weighted by molar-refractivity contribution is -0.136. The summed E-state index contributed by atoms with van der Waals surface area (Å²) in [7, 11) is 0. The van der Waals surface area contributed by atoms with Crippen LogP contribution in [0.15, 0.2) is 30.3 Å². The van der Waals surface area contributed by atoms with Crippen LogP contribution < -0.4 is 0 Å². The number of carbonyl (C=O) groups is 1. The largest absolute Gasteiger partial charge is 0.481 e. The van der Waals surface area contributed by atoms with E-state index in [1.807, 2.05) is 6.07 Å². The van der Waals surface area contributed by atoms with Crippen LogP contribution in [0.2, 0.25) is 0 Å². The molecule has 0 aliphatic heterocycles. The molecule has 1 heterocycles. The number of nitrogens with zero attached hydrogens (tertiary/aromatic N) is 1. The van der Waals surface area contributed by atoms with Crippen molar-refractivity contribution >= 4 is 17.3 Å². The molecule has 0 radical (unpaired) electrons. The van der Waals surface area contributed by atoms with E-state index in [1.165, 1.54) is 5.56 Å². The Morgan fingerprint density at radius 2 is 1.90 bits per heavy atom. The highest BCUT2D eigenvalue weighted by molar-refractivity contribution is 7.11. The van der Waals surface area contributed by atoms with Crippen molar-refractivity contribution in [2.24, 2.45) is 0 Å². The number of hydrogen-bond donors (Lipinski definition) is 1. The second-order valence-corrected chi connectivity index (χ2v) is 6.27. The van der Waals surface area contributed by atoms with E-state index in [-0.39, 0.29) is 6.42 Å². The lowest BCUT2D eigenvalue weighted by Gasteiger charge is -1.98. The van der Waals surface area contributed by atoms with E-state index >= 15 is 0 Å². The van der Waals surface area contributed by atoms with Crippen molar-refractivity contribution in [1.82, 2.24) is 4.98 Å². The fourth-order valence-electron chi connectivity index (χ4n) is 2.29. The number of aliphatic carboxylic acids is 1. The van der Waals surface area contributed by atoms with E-state index in [1.54, 1.807) is 11.3 Å². The highest BCUT2D eigenvalue weighted by Gasteiger charge is 2.12. The van der Waals surface area contributed by atoms with Crippen LogP contribution in [0, 0.1) is 0 Å². The van der Waals surface area contributed by atoms with Gasteiger partial charge < -0.3 is 5.11 Å². The maximum atomic E-state index is 10.7. The molecule has 0 aliphatic carbocycles. The Balaban J connectivity index is 2.02. The summed E-state index contributed by atoms with van der Waals surface area (Å²) in [5.74, 6) is -0.739. The lowest BCUT2D eigenvalue weighted by Crippen LogP contribution is -1.98. The summed E-state index contributed by atoms with van der Waals surface area (Å²) >= 11 is 1.69. The minimum Gasteiger partial charge on any atom is -0.481 e. The van der Waals surface area contributed by atoms with Crippen LogP contribution in [0.25, 0.3) is 0 Å². The van der Waals surface area contributed by atoms with Gasteiger partial charge in [0.25, 0.3) is 0 Å². The number of thiazole rings is 1. The first-order chi connectivity index (χ1) is 10.2. The molecular weight excluding hydrogens is 282 g/mol. The Morgan fingerprint density at radius 3 is 2.57 bits per heavy atom. The van der Waals surface area contributed by atoms with Gasteiger partial charge in [-0.15, -0.1) is 11.3 Å². The molecule has 1 N–H and O–H groups in total. The number of rotatable bonds is 8. The van der Waals surface area contributed by atoms with Gasteiger partial charge in [-0.05, 0) is 24.8 Å².